The second kappa shape index (κ2) is 11.6. The zero-order valence-electron chi connectivity index (χ0n) is 11.5. The Morgan fingerprint density at radius 1 is 1.20 bits per heavy atom. The van der Waals surface area contributed by atoms with E-state index in [-0.39, 0.29) is 0 Å². The summed E-state index contributed by atoms with van der Waals surface area (Å²) in [5.74, 6) is -1.33. The fourth-order valence-corrected chi connectivity index (χ4v) is 1.51. The summed E-state index contributed by atoms with van der Waals surface area (Å²) in [6.45, 7) is 1.22. The SMILES string of the molecule is COC(=O)N1C(=O)C=CC1=O.COCOCCCCBr. The average Bonchev–Trinajstić information content (AvgIpc) is 2.78. The summed E-state index contributed by atoms with van der Waals surface area (Å²) >= 11 is 3.33. The van der Waals surface area contributed by atoms with Crippen LogP contribution in [0.2, 0.25) is 0 Å². The highest BCUT2D eigenvalue weighted by Crippen LogP contribution is 2.04. The topological polar surface area (TPSA) is 82.1 Å². The fraction of sp³-hybridized carbons (Fsp3) is 0.583. The molecule has 0 spiro atoms. The molecule has 1 aliphatic heterocycles. The van der Waals surface area contributed by atoms with Crippen molar-refractivity contribution >= 4 is 33.8 Å². The summed E-state index contributed by atoms with van der Waals surface area (Å²) in [6.07, 6.45) is 3.35. The van der Waals surface area contributed by atoms with Crippen LogP contribution in [0.25, 0.3) is 0 Å². The van der Waals surface area contributed by atoms with E-state index in [0.717, 1.165) is 37.6 Å². The molecule has 0 bridgehead atoms. The lowest BCUT2D eigenvalue weighted by molar-refractivity contribution is -0.134. The van der Waals surface area contributed by atoms with Crippen LogP contribution < -0.4 is 0 Å². The molecule has 114 valence electrons. The Labute approximate surface area is 126 Å². The van der Waals surface area contributed by atoms with E-state index in [1.165, 1.54) is 6.42 Å². The van der Waals surface area contributed by atoms with Gasteiger partial charge in [-0.2, -0.15) is 4.90 Å². The molecule has 1 aliphatic rings. The van der Waals surface area contributed by atoms with Crippen molar-refractivity contribution in [1.82, 2.24) is 4.90 Å². The number of rotatable bonds is 6. The second-order valence-electron chi connectivity index (χ2n) is 3.53. The maximum atomic E-state index is 10.7. The number of hydrogen-bond donors (Lipinski definition) is 0. The van der Waals surface area contributed by atoms with Gasteiger partial charge in [0.2, 0.25) is 0 Å². The summed E-state index contributed by atoms with van der Waals surface area (Å²) in [5, 5.41) is 1.06. The minimum absolute atomic E-state index is 0.417. The minimum Gasteiger partial charge on any atom is -0.452 e. The molecule has 20 heavy (non-hydrogen) atoms. The van der Waals surface area contributed by atoms with E-state index >= 15 is 0 Å². The Balaban J connectivity index is 0.000000370. The Morgan fingerprint density at radius 2 is 1.80 bits per heavy atom. The van der Waals surface area contributed by atoms with E-state index in [2.05, 4.69) is 25.4 Å². The van der Waals surface area contributed by atoms with Gasteiger partial charge in [0.05, 0.1) is 7.11 Å². The van der Waals surface area contributed by atoms with Crippen LogP contribution in [-0.4, -0.2) is 55.8 Å². The van der Waals surface area contributed by atoms with Crippen LogP contribution in [0.5, 0.6) is 0 Å². The molecular formula is C12H18BrNO6. The van der Waals surface area contributed by atoms with Crippen molar-refractivity contribution in [2.75, 3.05) is 32.9 Å². The van der Waals surface area contributed by atoms with Crippen molar-refractivity contribution in [3.05, 3.63) is 12.2 Å². The molecule has 0 fully saturated rings. The number of ether oxygens (including phenoxy) is 3. The molecule has 1 heterocycles. The van der Waals surface area contributed by atoms with Crippen molar-refractivity contribution in [2.45, 2.75) is 12.8 Å². The van der Waals surface area contributed by atoms with Gasteiger partial charge in [0, 0.05) is 31.2 Å². The lowest BCUT2D eigenvalue weighted by Crippen LogP contribution is -2.35. The summed E-state index contributed by atoms with van der Waals surface area (Å²) in [4.78, 5) is 32.5. The van der Waals surface area contributed by atoms with E-state index in [4.69, 9.17) is 4.74 Å². The van der Waals surface area contributed by atoms with Crippen LogP contribution in [-0.2, 0) is 23.8 Å². The van der Waals surface area contributed by atoms with E-state index in [9.17, 15) is 14.4 Å². The summed E-state index contributed by atoms with van der Waals surface area (Å²) in [5.41, 5.74) is 0. The molecule has 1 rings (SSSR count). The van der Waals surface area contributed by atoms with Crippen molar-refractivity contribution in [3.8, 4) is 0 Å². The normalized spacial score (nSPS) is 13.2. The molecule has 0 radical (unpaired) electrons. The molecule has 3 amide bonds. The number of amides is 3. The largest absolute Gasteiger partial charge is 0.452 e. The van der Waals surface area contributed by atoms with E-state index < -0.39 is 17.9 Å². The molecule has 0 N–H and O–H groups in total. The summed E-state index contributed by atoms with van der Waals surface area (Å²) in [7, 11) is 2.73. The van der Waals surface area contributed by atoms with Gasteiger partial charge in [-0.3, -0.25) is 9.59 Å². The molecule has 0 aliphatic carbocycles. The van der Waals surface area contributed by atoms with Gasteiger partial charge in [0.25, 0.3) is 11.8 Å². The molecule has 0 aromatic rings. The van der Waals surface area contributed by atoms with Crippen LogP contribution in [0.4, 0.5) is 4.79 Å². The zero-order valence-corrected chi connectivity index (χ0v) is 13.1. The van der Waals surface area contributed by atoms with E-state index in [1.54, 1.807) is 7.11 Å². The van der Waals surface area contributed by atoms with Crippen molar-refractivity contribution < 1.29 is 28.6 Å². The third-order valence-corrected chi connectivity index (χ3v) is 2.60. The number of hydrogen-bond acceptors (Lipinski definition) is 6. The molecule has 0 saturated heterocycles. The Bertz CT molecular complexity index is 334. The average molecular weight is 352 g/mol. The monoisotopic (exact) mass is 351 g/mol. The highest BCUT2D eigenvalue weighted by molar-refractivity contribution is 9.09. The Hall–Kier alpha value is -1.25. The van der Waals surface area contributed by atoms with Crippen LogP contribution in [0.1, 0.15) is 12.8 Å². The maximum Gasteiger partial charge on any atom is 0.423 e. The number of carbonyl (C=O) groups excluding carboxylic acids is 3. The first kappa shape index (κ1) is 18.8. The summed E-state index contributed by atoms with van der Waals surface area (Å²) < 4.78 is 13.9. The molecule has 8 heteroatoms. The smallest absolute Gasteiger partial charge is 0.423 e. The molecule has 0 aromatic heterocycles. The van der Waals surface area contributed by atoms with Gasteiger partial charge >= 0.3 is 6.09 Å². The molecule has 7 nitrogen and oxygen atoms in total. The Kier molecular flexibility index (Phi) is 10.8. The standard InChI is InChI=1S/C6H13BrO2.C6H5NO4/c1-8-6-9-5-3-2-4-7;1-11-6(10)7-4(8)2-3-5(7)9/h2-6H2,1H3;2-3H,1H3. The van der Waals surface area contributed by atoms with Gasteiger partial charge in [0.15, 0.2) is 0 Å². The number of nitrogens with zero attached hydrogens (tertiary/aromatic N) is 1. The van der Waals surface area contributed by atoms with E-state index in [0.29, 0.717) is 11.7 Å². The Morgan fingerprint density at radius 3 is 2.25 bits per heavy atom. The number of methoxy groups -OCH3 is 2. The van der Waals surface area contributed by atoms with Crippen molar-refractivity contribution in [3.63, 3.8) is 0 Å². The highest BCUT2D eigenvalue weighted by atomic mass is 79.9. The van der Waals surface area contributed by atoms with Crippen LogP contribution >= 0.6 is 15.9 Å². The first-order valence-electron chi connectivity index (χ1n) is 5.85. The third-order valence-electron chi connectivity index (χ3n) is 2.04. The maximum absolute atomic E-state index is 10.7. The number of imide groups is 3. The molecular weight excluding hydrogens is 334 g/mol. The van der Waals surface area contributed by atoms with Crippen LogP contribution in [0.15, 0.2) is 12.2 Å². The van der Waals surface area contributed by atoms with Crippen LogP contribution in [0.3, 0.4) is 0 Å². The lowest BCUT2D eigenvalue weighted by atomic mass is 10.4. The van der Waals surface area contributed by atoms with Gasteiger partial charge in [-0.25, -0.2) is 4.79 Å². The van der Waals surface area contributed by atoms with Gasteiger partial charge < -0.3 is 14.2 Å². The van der Waals surface area contributed by atoms with Gasteiger partial charge in [-0.1, -0.05) is 15.9 Å². The highest BCUT2D eigenvalue weighted by Gasteiger charge is 2.30. The van der Waals surface area contributed by atoms with Crippen molar-refractivity contribution in [1.29, 1.82) is 0 Å². The quantitative estimate of drug-likeness (QED) is 0.312. The molecule has 0 unspecified atom stereocenters. The molecule has 0 saturated carbocycles. The first-order chi connectivity index (χ1) is 9.58. The van der Waals surface area contributed by atoms with Gasteiger partial charge in [0.1, 0.15) is 6.79 Å². The number of alkyl halides is 1. The molecule has 0 atom stereocenters. The van der Waals surface area contributed by atoms with E-state index in [1.807, 2.05) is 0 Å². The summed E-state index contributed by atoms with van der Waals surface area (Å²) in [6, 6.07) is 0. The predicted octanol–water partition coefficient (Wildman–Crippen LogP) is 1.46. The second-order valence-corrected chi connectivity index (χ2v) is 4.32. The third kappa shape index (κ3) is 7.37. The number of carbonyl (C=O) groups is 3. The van der Waals surface area contributed by atoms with Crippen LogP contribution in [0, 0.1) is 0 Å². The number of unbranched alkanes of at least 4 members (excludes halogenated alkanes) is 1. The fourth-order valence-electron chi connectivity index (χ4n) is 1.11. The number of halogens is 1. The minimum atomic E-state index is -0.954. The molecule has 0 aromatic carbocycles. The predicted molar refractivity (Wildman–Crippen MR) is 74.3 cm³/mol. The first-order valence-corrected chi connectivity index (χ1v) is 6.97. The van der Waals surface area contributed by atoms with Gasteiger partial charge in [-0.05, 0) is 12.8 Å². The lowest BCUT2D eigenvalue weighted by Gasteiger charge is -2.08. The van der Waals surface area contributed by atoms with Crippen molar-refractivity contribution in [2.24, 2.45) is 0 Å². The van der Waals surface area contributed by atoms with Gasteiger partial charge in [-0.15, -0.1) is 0 Å². The zero-order chi connectivity index (χ0) is 15.4.